The molecule has 1 fully saturated rings. The van der Waals surface area contributed by atoms with Crippen molar-refractivity contribution in [2.24, 2.45) is 0 Å². The first-order valence-electron chi connectivity index (χ1n) is 8.05. The van der Waals surface area contributed by atoms with Gasteiger partial charge in [0.2, 0.25) is 0 Å². The highest BCUT2D eigenvalue weighted by Crippen LogP contribution is 2.31. The van der Waals surface area contributed by atoms with Gasteiger partial charge in [0.05, 0.1) is 4.91 Å². The first kappa shape index (κ1) is 18.9. The number of phenolic OH excluding ortho intramolecular Hbond substituents is 1. The van der Waals surface area contributed by atoms with E-state index in [1.54, 1.807) is 12.1 Å². The summed E-state index contributed by atoms with van der Waals surface area (Å²) in [6.07, 6.45) is 3.70. The molecular weight excluding hydrogens is 380 g/mol. The van der Waals surface area contributed by atoms with Crippen LogP contribution in [0.5, 0.6) is 5.75 Å². The molecule has 2 N–H and O–H groups in total. The third-order valence-electron chi connectivity index (χ3n) is 3.67. The number of carbonyl (C=O) groups excluding carboxylic acids is 2. The van der Waals surface area contributed by atoms with Crippen LogP contribution in [-0.2, 0) is 4.79 Å². The van der Waals surface area contributed by atoms with Gasteiger partial charge >= 0.3 is 0 Å². The zero-order valence-electron chi connectivity index (χ0n) is 14.4. The van der Waals surface area contributed by atoms with Gasteiger partial charge < -0.3 is 5.11 Å². The number of aromatic hydroxyl groups is 1. The second-order valence-electron chi connectivity index (χ2n) is 5.81. The summed E-state index contributed by atoms with van der Waals surface area (Å²) in [6.45, 7) is 1.89. The minimum Gasteiger partial charge on any atom is -0.508 e. The van der Waals surface area contributed by atoms with Crippen LogP contribution < -0.4 is 5.43 Å². The minimum absolute atomic E-state index is 0.0328. The molecule has 5 nitrogen and oxygen atoms in total. The molecule has 0 spiro atoms. The summed E-state index contributed by atoms with van der Waals surface area (Å²) in [6, 6.07) is 15.6. The maximum absolute atomic E-state index is 12.6. The summed E-state index contributed by atoms with van der Waals surface area (Å²) in [4.78, 5) is 25.3. The molecule has 1 aliphatic rings. The van der Waals surface area contributed by atoms with Gasteiger partial charge in [-0.15, -0.1) is 0 Å². The number of hydrogen-bond donors (Lipinski definition) is 2. The Bertz CT molecular complexity index is 968. The molecule has 1 heterocycles. The summed E-state index contributed by atoms with van der Waals surface area (Å²) in [5.41, 5.74) is 4.63. The van der Waals surface area contributed by atoms with Crippen LogP contribution >= 0.6 is 24.0 Å². The summed E-state index contributed by atoms with van der Waals surface area (Å²) in [5.74, 6) is -0.950. The Hall–Kier alpha value is -2.90. The fourth-order valence-electron chi connectivity index (χ4n) is 2.44. The van der Waals surface area contributed by atoms with Gasteiger partial charge in [-0.1, -0.05) is 54.2 Å². The van der Waals surface area contributed by atoms with E-state index in [0.717, 1.165) is 27.9 Å². The van der Waals surface area contributed by atoms with Crippen LogP contribution in [0.4, 0.5) is 0 Å². The molecule has 0 saturated carbocycles. The quantitative estimate of drug-likeness (QED) is 0.606. The minimum atomic E-state index is -0.528. The Kier molecular flexibility index (Phi) is 5.73. The molecule has 0 aromatic heterocycles. The molecule has 1 aliphatic heterocycles. The van der Waals surface area contributed by atoms with E-state index in [0.29, 0.717) is 4.91 Å². The second kappa shape index (κ2) is 8.20. The van der Waals surface area contributed by atoms with Crippen molar-refractivity contribution in [2.75, 3.05) is 0 Å². The van der Waals surface area contributed by atoms with Crippen molar-refractivity contribution in [3.8, 4) is 5.75 Å². The number of thioether (sulfide) groups is 1. The average Bonchev–Trinajstić information content (AvgIpc) is 2.89. The zero-order chi connectivity index (χ0) is 19.4. The second-order valence-corrected chi connectivity index (χ2v) is 7.48. The molecule has 0 unspecified atom stereocenters. The van der Waals surface area contributed by atoms with Crippen LogP contribution in [0, 0.1) is 0 Å². The normalized spacial score (nSPS) is 16.1. The topological polar surface area (TPSA) is 69.6 Å². The summed E-state index contributed by atoms with van der Waals surface area (Å²) >= 11 is 6.34. The molecule has 3 rings (SSSR count). The number of allylic oxidation sites excluding steroid dienone is 2. The molecule has 2 aromatic carbocycles. The molecule has 0 aliphatic carbocycles. The van der Waals surface area contributed by atoms with Crippen LogP contribution in [0.25, 0.3) is 6.08 Å². The maximum atomic E-state index is 12.6. The van der Waals surface area contributed by atoms with Crippen LogP contribution in [0.1, 0.15) is 22.8 Å². The van der Waals surface area contributed by atoms with Crippen LogP contribution in [0.2, 0.25) is 0 Å². The average molecular weight is 396 g/mol. The largest absolute Gasteiger partial charge is 0.508 e. The molecule has 1 saturated heterocycles. The van der Waals surface area contributed by atoms with Crippen LogP contribution in [0.3, 0.4) is 0 Å². The number of hydrazine groups is 1. The molecule has 2 amide bonds. The Morgan fingerprint density at radius 3 is 2.63 bits per heavy atom. The molecule has 136 valence electrons. The number of thiocarbonyl (C=S) groups is 1. The van der Waals surface area contributed by atoms with Crippen molar-refractivity contribution in [3.63, 3.8) is 0 Å². The zero-order valence-corrected chi connectivity index (χ0v) is 16.0. The third kappa shape index (κ3) is 4.64. The lowest BCUT2D eigenvalue weighted by Crippen LogP contribution is -2.44. The number of rotatable bonds is 4. The maximum Gasteiger partial charge on any atom is 0.285 e. The molecule has 7 heteroatoms. The first-order valence-corrected chi connectivity index (χ1v) is 9.28. The van der Waals surface area contributed by atoms with Gasteiger partial charge in [-0.3, -0.25) is 15.0 Å². The predicted octanol–water partition coefficient (Wildman–Crippen LogP) is 3.88. The molecule has 0 radical (unpaired) electrons. The van der Waals surface area contributed by atoms with Crippen molar-refractivity contribution < 1.29 is 14.7 Å². The van der Waals surface area contributed by atoms with Gasteiger partial charge in [0.15, 0.2) is 4.32 Å². The van der Waals surface area contributed by atoms with Crippen LogP contribution in [-0.4, -0.2) is 26.3 Å². The Morgan fingerprint density at radius 1 is 1.19 bits per heavy atom. The highest BCUT2D eigenvalue weighted by atomic mass is 32.2. The van der Waals surface area contributed by atoms with Crippen molar-refractivity contribution in [1.29, 1.82) is 0 Å². The molecule has 0 bridgehead atoms. The van der Waals surface area contributed by atoms with Crippen molar-refractivity contribution in [1.82, 2.24) is 10.4 Å². The number of phenols is 1. The standard InChI is InChI=1S/C20H16N2O3S2/c1-13(10-14-6-3-2-4-7-14)11-17-19(25)22(20(26)27-17)21-18(24)15-8-5-9-16(23)12-15/h2-12,23H,1H3,(H,21,24)/b13-10?,17-11-. The van der Waals surface area contributed by atoms with Crippen molar-refractivity contribution >= 4 is 46.2 Å². The van der Waals surface area contributed by atoms with E-state index in [-0.39, 0.29) is 21.5 Å². The molecule has 27 heavy (non-hydrogen) atoms. The highest BCUT2D eigenvalue weighted by molar-refractivity contribution is 8.26. The molecular formula is C20H16N2O3S2. The smallest absolute Gasteiger partial charge is 0.285 e. The Morgan fingerprint density at radius 2 is 1.93 bits per heavy atom. The fourth-order valence-corrected chi connectivity index (χ4v) is 3.67. The van der Waals surface area contributed by atoms with Crippen molar-refractivity contribution in [3.05, 3.63) is 82.3 Å². The lowest BCUT2D eigenvalue weighted by atomic mass is 10.1. The Balaban J connectivity index is 1.75. The first-order chi connectivity index (χ1) is 12.9. The molecule has 2 aromatic rings. The summed E-state index contributed by atoms with van der Waals surface area (Å²) < 4.78 is 0.243. The number of benzene rings is 2. The lowest BCUT2D eigenvalue weighted by molar-refractivity contribution is -0.123. The van der Waals surface area contributed by atoms with E-state index in [1.165, 1.54) is 18.2 Å². The van der Waals surface area contributed by atoms with E-state index in [4.69, 9.17) is 12.2 Å². The molecule has 0 atom stereocenters. The van der Waals surface area contributed by atoms with Gasteiger partial charge in [0.1, 0.15) is 5.75 Å². The van der Waals surface area contributed by atoms with Gasteiger partial charge in [0, 0.05) is 5.56 Å². The fraction of sp³-hybridized carbons (Fsp3) is 0.0500. The number of carbonyl (C=O) groups is 2. The number of nitrogens with one attached hydrogen (secondary N) is 1. The van der Waals surface area contributed by atoms with Gasteiger partial charge in [-0.2, -0.15) is 5.01 Å². The van der Waals surface area contributed by atoms with E-state index in [9.17, 15) is 14.7 Å². The third-order valence-corrected chi connectivity index (χ3v) is 4.97. The van der Waals surface area contributed by atoms with E-state index in [2.05, 4.69) is 5.43 Å². The van der Waals surface area contributed by atoms with Gasteiger partial charge in [0.25, 0.3) is 11.8 Å². The SMILES string of the molecule is CC(=Cc1ccccc1)/C=C1\SC(=S)N(NC(=O)c2cccc(O)c2)C1=O. The number of hydrogen-bond acceptors (Lipinski definition) is 5. The number of amides is 2. The van der Waals surface area contributed by atoms with Crippen LogP contribution in [0.15, 0.2) is 71.2 Å². The van der Waals surface area contributed by atoms with Gasteiger partial charge in [-0.25, -0.2) is 0 Å². The van der Waals surface area contributed by atoms with Crippen molar-refractivity contribution in [2.45, 2.75) is 6.92 Å². The van der Waals surface area contributed by atoms with Gasteiger partial charge in [-0.05, 0) is 54.6 Å². The lowest BCUT2D eigenvalue weighted by Gasteiger charge is -2.15. The summed E-state index contributed by atoms with van der Waals surface area (Å²) in [5, 5.41) is 10.5. The van der Waals surface area contributed by atoms with E-state index < -0.39 is 5.91 Å². The predicted molar refractivity (Wildman–Crippen MR) is 111 cm³/mol. The highest BCUT2D eigenvalue weighted by Gasteiger charge is 2.33. The Labute approximate surface area is 166 Å². The van der Waals surface area contributed by atoms with E-state index >= 15 is 0 Å². The monoisotopic (exact) mass is 396 g/mol. The number of nitrogens with zero attached hydrogens (tertiary/aromatic N) is 1. The summed E-state index contributed by atoms with van der Waals surface area (Å²) in [7, 11) is 0. The van der Waals surface area contributed by atoms with E-state index in [1.807, 2.05) is 43.3 Å².